The molecule has 2 rings (SSSR count). The maximum Gasteiger partial charge on any atom is 0.326 e. The van der Waals surface area contributed by atoms with Gasteiger partial charge in [-0.1, -0.05) is 12.1 Å². The number of amides is 3. The van der Waals surface area contributed by atoms with E-state index in [1.807, 2.05) is 0 Å². The maximum absolute atomic E-state index is 12.6. The van der Waals surface area contributed by atoms with Crippen molar-refractivity contribution in [2.24, 2.45) is 5.73 Å². The molecule has 32 heavy (non-hydrogen) atoms. The molecule has 12 nitrogen and oxygen atoms in total. The molecule has 1 aliphatic rings. The molecule has 0 saturated carbocycles. The largest absolute Gasteiger partial charge is 0.508 e. The van der Waals surface area contributed by atoms with Gasteiger partial charge in [0.15, 0.2) is 0 Å². The molecule has 12 heteroatoms. The molecule has 8 N–H and O–H groups in total. The molecule has 0 aromatic heterocycles. The van der Waals surface area contributed by atoms with Crippen molar-refractivity contribution >= 4 is 23.7 Å². The summed E-state index contributed by atoms with van der Waals surface area (Å²) < 4.78 is 0. The molecule has 0 bridgehead atoms. The fourth-order valence-electron chi connectivity index (χ4n) is 3.40. The Morgan fingerprint density at radius 1 is 1.06 bits per heavy atom. The zero-order valence-electron chi connectivity index (χ0n) is 17.3. The van der Waals surface area contributed by atoms with Crippen molar-refractivity contribution in [3.8, 4) is 5.75 Å². The Morgan fingerprint density at radius 3 is 2.28 bits per heavy atom. The van der Waals surface area contributed by atoms with Gasteiger partial charge in [-0.25, -0.2) is 4.79 Å². The molecule has 1 aromatic rings. The smallest absolute Gasteiger partial charge is 0.326 e. The minimum absolute atomic E-state index is 0.00657. The van der Waals surface area contributed by atoms with Crippen molar-refractivity contribution in [2.45, 2.75) is 43.4 Å². The Balaban J connectivity index is 2.02. The van der Waals surface area contributed by atoms with E-state index in [1.54, 1.807) is 0 Å². The standard InChI is InChI=1S/C20H28N4O8/c21-13(9-25)19(30)24-7-1-2-16(24)18(29)23-15(10-26)17(28)22-14(20(31)32)8-11-3-5-12(27)6-4-11/h3-6,13-16,25-27H,1-2,7-10,21H2,(H,22,28)(H,23,29)(H,31,32). The summed E-state index contributed by atoms with van der Waals surface area (Å²) in [5, 5.41) is 42.0. The Hall–Kier alpha value is -3.22. The molecule has 1 saturated heterocycles. The van der Waals surface area contributed by atoms with E-state index in [0.29, 0.717) is 18.4 Å². The summed E-state index contributed by atoms with van der Waals surface area (Å²) in [7, 11) is 0. The number of likely N-dealkylation sites (tertiary alicyclic amines) is 1. The Labute approximate surface area is 184 Å². The Morgan fingerprint density at radius 2 is 1.72 bits per heavy atom. The number of rotatable bonds is 10. The highest BCUT2D eigenvalue weighted by Gasteiger charge is 2.37. The van der Waals surface area contributed by atoms with Crippen molar-refractivity contribution in [2.75, 3.05) is 19.8 Å². The first-order valence-corrected chi connectivity index (χ1v) is 10.1. The van der Waals surface area contributed by atoms with Crippen LogP contribution in [0.4, 0.5) is 0 Å². The molecular formula is C20H28N4O8. The lowest BCUT2D eigenvalue weighted by Gasteiger charge is -2.27. The number of aliphatic carboxylic acids is 1. The predicted octanol–water partition coefficient (Wildman–Crippen LogP) is -2.71. The van der Waals surface area contributed by atoms with Crippen LogP contribution in [0, 0.1) is 0 Å². The van der Waals surface area contributed by atoms with Crippen LogP contribution in [0.25, 0.3) is 0 Å². The molecule has 1 aliphatic heterocycles. The highest BCUT2D eigenvalue weighted by molar-refractivity contribution is 5.94. The third kappa shape index (κ3) is 6.39. The summed E-state index contributed by atoms with van der Waals surface area (Å²) in [5.41, 5.74) is 6.08. The number of carboxylic acid groups (broad SMARTS) is 1. The quantitative estimate of drug-likeness (QED) is 0.197. The minimum atomic E-state index is -1.44. The Kier molecular flexibility index (Phi) is 8.93. The first kappa shape index (κ1) is 25.0. The topological polar surface area (TPSA) is 203 Å². The van der Waals surface area contributed by atoms with Gasteiger partial charge in [0.05, 0.1) is 13.2 Å². The number of hydrogen-bond donors (Lipinski definition) is 7. The van der Waals surface area contributed by atoms with Gasteiger partial charge in [-0.05, 0) is 30.5 Å². The van der Waals surface area contributed by atoms with Crippen LogP contribution in [0.15, 0.2) is 24.3 Å². The highest BCUT2D eigenvalue weighted by atomic mass is 16.4. The fourth-order valence-corrected chi connectivity index (χ4v) is 3.40. The normalized spacial score (nSPS) is 18.5. The van der Waals surface area contributed by atoms with Crippen LogP contribution >= 0.6 is 0 Å². The second-order valence-electron chi connectivity index (χ2n) is 7.49. The molecule has 1 aromatic carbocycles. The first-order valence-electron chi connectivity index (χ1n) is 10.1. The second-order valence-corrected chi connectivity index (χ2v) is 7.49. The zero-order chi connectivity index (χ0) is 23.8. The average Bonchev–Trinajstić information content (AvgIpc) is 3.27. The van der Waals surface area contributed by atoms with E-state index >= 15 is 0 Å². The molecule has 4 atom stereocenters. The molecule has 176 valence electrons. The molecule has 0 radical (unpaired) electrons. The second kappa shape index (κ2) is 11.4. The van der Waals surface area contributed by atoms with Gasteiger partial charge < -0.3 is 41.7 Å². The van der Waals surface area contributed by atoms with Gasteiger partial charge >= 0.3 is 5.97 Å². The number of nitrogens with two attached hydrogens (primary N) is 1. The van der Waals surface area contributed by atoms with E-state index in [1.165, 1.54) is 29.2 Å². The van der Waals surface area contributed by atoms with Crippen LogP contribution in [0.5, 0.6) is 5.75 Å². The number of nitrogens with one attached hydrogen (secondary N) is 2. The van der Waals surface area contributed by atoms with Crippen molar-refractivity contribution in [3.63, 3.8) is 0 Å². The summed E-state index contributed by atoms with van der Waals surface area (Å²) in [6.07, 6.45) is 0.747. The van der Waals surface area contributed by atoms with Crippen LogP contribution in [-0.4, -0.2) is 92.9 Å². The molecular weight excluding hydrogens is 424 g/mol. The van der Waals surface area contributed by atoms with E-state index in [0.717, 1.165) is 0 Å². The van der Waals surface area contributed by atoms with E-state index in [9.17, 15) is 34.5 Å². The summed E-state index contributed by atoms with van der Waals surface area (Å²) >= 11 is 0. The van der Waals surface area contributed by atoms with Crippen molar-refractivity contribution in [1.29, 1.82) is 0 Å². The average molecular weight is 452 g/mol. The van der Waals surface area contributed by atoms with Crippen LogP contribution in [0.2, 0.25) is 0 Å². The van der Waals surface area contributed by atoms with Gasteiger partial charge in [0.2, 0.25) is 17.7 Å². The van der Waals surface area contributed by atoms with Crippen LogP contribution in [0.3, 0.4) is 0 Å². The molecule has 4 unspecified atom stereocenters. The van der Waals surface area contributed by atoms with Gasteiger partial charge in [-0.2, -0.15) is 0 Å². The lowest BCUT2D eigenvalue weighted by atomic mass is 10.1. The van der Waals surface area contributed by atoms with Gasteiger partial charge in [0.25, 0.3) is 0 Å². The summed E-state index contributed by atoms with van der Waals surface area (Å²) in [5.74, 6) is -3.52. The maximum atomic E-state index is 12.6. The zero-order valence-corrected chi connectivity index (χ0v) is 17.3. The lowest BCUT2D eigenvalue weighted by molar-refractivity contribution is -0.143. The summed E-state index contributed by atoms with van der Waals surface area (Å²) in [6, 6.07) is 0.898. The van der Waals surface area contributed by atoms with E-state index in [4.69, 9.17) is 10.8 Å². The summed E-state index contributed by atoms with van der Waals surface area (Å²) in [6.45, 7) is -1.11. The summed E-state index contributed by atoms with van der Waals surface area (Å²) in [4.78, 5) is 50.2. The van der Waals surface area contributed by atoms with Gasteiger partial charge in [0.1, 0.15) is 29.9 Å². The number of phenolic OH excluding ortho intramolecular Hbond substituents is 1. The van der Waals surface area contributed by atoms with Gasteiger partial charge in [-0.3, -0.25) is 14.4 Å². The van der Waals surface area contributed by atoms with E-state index < -0.39 is 61.1 Å². The van der Waals surface area contributed by atoms with Gasteiger partial charge in [-0.15, -0.1) is 0 Å². The number of carbonyl (C=O) groups is 4. The number of aliphatic hydroxyl groups excluding tert-OH is 2. The molecule has 0 spiro atoms. The number of aliphatic hydroxyl groups is 2. The van der Waals surface area contributed by atoms with Crippen molar-refractivity contribution < 1.29 is 39.6 Å². The third-order valence-electron chi connectivity index (χ3n) is 5.16. The number of carboxylic acids is 1. The molecule has 1 heterocycles. The number of nitrogens with zero attached hydrogens (tertiary/aromatic N) is 1. The SMILES string of the molecule is NC(CO)C(=O)N1CCCC1C(=O)NC(CO)C(=O)NC(Cc1ccc(O)cc1)C(=O)O. The van der Waals surface area contributed by atoms with Crippen molar-refractivity contribution in [3.05, 3.63) is 29.8 Å². The fraction of sp³-hybridized carbons (Fsp3) is 0.500. The lowest BCUT2D eigenvalue weighted by Crippen LogP contribution is -2.58. The monoisotopic (exact) mass is 452 g/mol. The number of phenols is 1. The molecule has 3 amide bonds. The van der Waals surface area contributed by atoms with Crippen LogP contribution in [0.1, 0.15) is 18.4 Å². The Bertz CT molecular complexity index is 831. The number of aromatic hydroxyl groups is 1. The van der Waals surface area contributed by atoms with E-state index in [-0.39, 0.29) is 18.7 Å². The van der Waals surface area contributed by atoms with Gasteiger partial charge in [0, 0.05) is 13.0 Å². The number of carbonyl (C=O) groups excluding carboxylic acids is 3. The molecule has 1 fully saturated rings. The minimum Gasteiger partial charge on any atom is -0.508 e. The van der Waals surface area contributed by atoms with Crippen molar-refractivity contribution in [1.82, 2.24) is 15.5 Å². The highest BCUT2D eigenvalue weighted by Crippen LogP contribution is 2.18. The first-order chi connectivity index (χ1) is 15.2. The van der Waals surface area contributed by atoms with E-state index in [2.05, 4.69) is 10.6 Å². The van der Waals surface area contributed by atoms with Crippen LogP contribution < -0.4 is 16.4 Å². The van der Waals surface area contributed by atoms with Crippen LogP contribution in [-0.2, 0) is 25.6 Å². The predicted molar refractivity (Wildman–Crippen MR) is 110 cm³/mol. The number of benzene rings is 1. The number of hydrogen-bond acceptors (Lipinski definition) is 8. The third-order valence-corrected chi connectivity index (χ3v) is 5.16. The molecule has 0 aliphatic carbocycles.